The molecule has 2 amide bonds. The minimum atomic E-state index is -0.565. The smallest absolute Gasteiger partial charge is 0.305 e. The summed E-state index contributed by atoms with van der Waals surface area (Å²) in [5.74, 6) is -0.684. The molecular weight excluding hydrogens is 284 g/mol. The second-order valence-corrected chi connectivity index (χ2v) is 4.17. The molecule has 2 N–H and O–H groups in total. The van der Waals surface area contributed by atoms with Gasteiger partial charge in [0.25, 0.3) is 5.91 Å². The number of benzene rings is 1. The highest BCUT2D eigenvalue weighted by Crippen LogP contribution is 2.22. The Morgan fingerprint density at radius 2 is 1.95 bits per heavy atom. The van der Waals surface area contributed by atoms with Crippen molar-refractivity contribution in [2.24, 2.45) is 0 Å². The number of furan rings is 1. The average molecular weight is 295 g/mol. The van der Waals surface area contributed by atoms with Crippen LogP contribution in [0.1, 0.15) is 20.9 Å². The van der Waals surface area contributed by atoms with Gasteiger partial charge in [0.1, 0.15) is 5.75 Å². The van der Waals surface area contributed by atoms with E-state index < -0.39 is 11.8 Å². The van der Waals surface area contributed by atoms with Crippen LogP contribution in [0.4, 0.5) is 0 Å². The highest BCUT2D eigenvalue weighted by Gasteiger charge is 2.15. The van der Waals surface area contributed by atoms with Gasteiger partial charge in [-0.1, -0.05) is 11.6 Å². The van der Waals surface area contributed by atoms with Crippen molar-refractivity contribution in [2.75, 3.05) is 7.11 Å². The molecule has 0 unspecified atom stereocenters. The van der Waals surface area contributed by atoms with Crippen LogP contribution in [0.5, 0.6) is 5.75 Å². The maximum atomic E-state index is 12.0. The first-order valence-corrected chi connectivity index (χ1v) is 5.97. The average Bonchev–Trinajstić information content (AvgIpc) is 2.98. The molecule has 0 saturated heterocycles. The van der Waals surface area contributed by atoms with Crippen molar-refractivity contribution in [1.29, 1.82) is 0 Å². The van der Waals surface area contributed by atoms with Crippen molar-refractivity contribution in [3.05, 3.63) is 52.9 Å². The lowest BCUT2D eigenvalue weighted by atomic mass is 10.2. The fourth-order valence-electron chi connectivity index (χ4n) is 1.51. The van der Waals surface area contributed by atoms with E-state index in [0.717, 1.165) is 0 Å². The number of hydrogen-bond donors (Lipinski definition) is 2. The number of ether oxygens (including phenoxy) is 1. The molecule has 0 aliphatic carbocycles. The maximum absolute atomic E-state index is 12.0. The van der Waals surface area contributed by atoms with E-state index in [1.165, 1.54) is 25.5 Å². The van der Waals surface area contributed by atoms with E-state index in [2.05, 4.69) is 10.9 Å². The van der Waals surface area contributed by atoms with E-state index in [4.69, 9.17) is 20.8 Å². The molecule has 0 aliphatic heterocycles. The van der Waals surface area contributed by atoms with Crippen molar-refractivity contribution in [3.8, 4) is 5.75 Å². The standard InChI is InChI=1S/C13H11ClN2O4/c1-19-10-5-4-8(14)7-9(10)12(17)15-16-13(18)11-3-2-6-20-11/h2-7H,1H3,(H,15,17)(H,16,18). The number of rotatable bonds is 3. The van der Waals surface area contributed by atoms with Crippen molar-refractivity contribution in [2.45, 2.75) is 0 Å². The molecule has 1 heterocycles. The number of carbonyl (C=O) groups is 2. The lowest BCUT2D eigenvalue weighted by Gasteiger charge is -2.10. The molecule has 0 fully saturated rings. The normalized spacial score (nSPS) is 9.90. The van der Waals surface area contributed by atoms with Crippen LogP contribution in [0.15, 0.2) is 41.0 Å². The van der Waals surface area contributed by atoms with Gasteiger partial charge in [0.2, 0.25) is 0 Å². The molecule has 0 aliphatic rings. The Hall–Kier alpha value is -2.47. The zero-order valence-electron chi connectivity index (χ0n) is 10.5. The highest BCUT2D eigenvalue weighted by molar-refractivity contribution is 6.31. The third-order valence-corrected chi connectivity index (χ3v) is 2.68. The van der Waals surface area contributed by atoms with Crippen LogP contribution in [-0.4, -0.2) is 18.9 Å². The van der Waals surface area contributed by atoms with Gasteiger partial charge >= 0.3 is 5.91 Å². The molecule has 2 rings (SSSR count). The summed E-state index contributed by atoms with van der Waals surface area (Å²) in [5, 5.41) is 0.383. The first-order chi connectivity index (χ1) is 9.61. The molecule has 20 heavy (non-hydrogen) atoms. The maximum Gasteiger partial charge on any atom is 0.305 e. The largest absolute Gasteiger partial charge is 0.496 e. The third-order valence-electron chi connectivity index (χ3n) is 2.44. The summed E-state index contributed by atoms with van der Waals surface area (Å²) in [5.41, 5.74) is 4.68. The Morgan fingerprint density at radius 3 is 2.60 bits per heavy atom. The second kappa shape index (κ2) is 6.12. The summed E-state index contributed by atoms with van der Waals surface area (Å²) in [7, 11) is 1.43. The van der Waals surface area contributed by atoms with Gasteiger partial charge in [0, 0.05) is 5.02 Å². The van der Waals surface area contributed by atoms with Crippen LogP contribution in [0.25, 0.3) is 0 Å². The van der Waals surface area contributed by atoms with Gasteiger partial charge in [0.15, 0.2) is 5.76 Å². The zero-order chi connectivity index (χ0) is 14.5. The van der Waals surface area contributed by atoms with Gasteiger partial charge in [-0.05, 0) is 30.3 Å². The molecule has 6 nitrogen and oxygen atoms in total. The summed E-state index contributed by atoms with van der Waals surface area (Å²) in [6.07, 6.45) is 1.36. The first-order valence-electron chi connectivity index (χ1n) is 5.59. The van der Waals surface area contributed by atoms with E-state index >= 15 is 0 Å². The van der Waals surface area contributed by atoms with Crippen LogP contribution in [-0.2, 0) is 0 Å². The molecular formula is C13H11ClN2O4. The molecule has 0 atom stereocenters. The third kappa shape index (κ3) is 3.10. The predicted octanol–water partition coefficient (Wildman–Crippen LogP) is 2.02. The van der Waals surface area contributed by atoms with Crippen molar-refractivity contribution in [1.82, 2.24) is 10.9 Å². The lowest BCUT2D eigenvalue weighted by molar-refractivity contribution is 0.0829. The number of hydrogen-bond acceptors (Lipinski definition) is 4. The molecule has 2 aromatic rings. The fourth-order valence-corrected chi connectivity index (χ4v) is 1.68. The van der Waals surface area contributed by atoms with Crippen LogP contribution in [0.3, 0.4) is 0 Å². The van der Waals surface area contributed by atoms with Crippen LogP contribution < -0.4 is 15.6 Å². The van der Waals surface area contributed by atoms with E-state index in [9.17, 15) is 9.59 Å². The Morgan fingerprint density at radius 1 is 1.20 bits per heavy atom. The molecule has 104 valence electrons. The van der Waals surface area contributed by atoms with Gasteiger partial charge in [-0.2, -0.15) is 0 Å². The van der Waals surface area contributed by atoms with Crippen molar-refractivity contribution >= 4 is 23.4 Å². The minimum Gasteiger partial charge on any atom is -0.496 e. The van der Waals surface area contributed by atoms with E-state index in [-0.39, 0.29) is 11.3 Å². The summed E-state index contributed by atoms with van der Waals surface area (Å²) < 4.78 is 9.94. The van der Waals surface area contributed by atoms with Gasteiger partial charge in [-0.25, -0.2) is 0 Å². The van der Waals surface area contributed by atoms with Gasteiger partial charge in [0.05, 0.1) is 18.9 Å². The monoisotopic (exact) mass is 294 g/mol. The Labute approximate surface area is 119 Å². The quantitative estimate of drug-likeness (QED) is 0.849. The number of hydrazine groups is 1. The van der Waals surface area contributed by atoms with E-state index in [1.807, 2.05) is 0 Å². The first kappa shape index (κ1) is 14.0. The van der Waals surface area contributed by atoms with Crippen LogP contribution >= 0.6 is 11.6 Å². The summed E-state index contributed by atoms with van der Waals surface area (Å²) in [4.78, 5) is 23.5. The number of nitrogens with one attached hydrogen (secondary N) is 2. The van der Waals surface area contributed by atoms with Gasteiger partial charge in [-0.15, -0.1) is 0 Å². The molecule has 1 aromatic heterocycles. The molecule has 0 bridgehead atoms. The highest BCUT2D eigenvalue weighted by atomic mass is 35.5. The Balaban J connectivity index is 2.05. The van der Waals surface area contributed by atoms with E-state index in [1.54, 1.807) is 18.2 Å². The lowest BCUT2D eigenvalue weighted by Crippen LogP contribution is -2.41. The predicted molar refractivity (Wildman–Crippen MR) is 71.6 cm³/mol. The van der Waals surface area contributed by atoms with Gasteiger partial charge in [-0.3, -0.25) is 20.4 Å². The molecule has 0 radical (unpaired) electrons. The SMILES string of the molecule is COc1ccc(Cl)cc1C(=O)NNC(=O)c1ccco1. The number of carbonyl (C=O) groups excluding carboxylic acids is 2. The number of amides is 2. The number of methoxy groups -OCH3 is 1. The summed E-state index contributed by atoms with van der Waals surface area (Å²) >= 11 is 5.82. The molecule has 1 aromatic carbocycles. The molecule has 7 heteroatoms. The fraction of sp³-hybridized carbons (Fsp3) is 0.0769. The van der Waals surface area contributed by atoms with Crippen molar-refractivity contribution in [3.63, 3.8) is 0 Å². The van der Waals surface area contributed by atoms with Crippen molar-refractivity contribution < 1.29 is 18.7 Å². The van der Waals surface area contributed by atoms with E-state index in [0.29, 0.717) is 10.8 Å². The van der Waals surface area contributed by atoms with Gasteiger partial charge < -0.3 is 9.15 Å². The Kier molecular flexibility index (Phi) is 4.27. The summed E-state index contributed by atoms with van der Waals surface area (Å²) in [6.45, 7) is 0. The minimum absolute atomic E-state index is 0.0864. The topological polar surface area (TPSA) is 80.6 Å². The number of halogens is 1. The summed E-state index contributed by atoms with van der Waals surface area (Å²) in [6, 6.07) is 7.64. The molecule has 0 spiro atoms. The van der Waals surface area contributed by atoms with Crippen LogP contribution in [0, 0.1) is 0 Å². The second-order valence-electron chi connectivity index (χ2n) is 3.73. The Bertz CT molecular complexity index is 625. The molecule has 0 saturated carbocycles. The van der Waals surface area contributed by atoms with Crippen LogP contribution in [0.2, 0.25) is 5.02 Å². The zero-order valence-corrected chi connectivity index (χ0v) is 11.2.